The zero-order valence-corrected chi connectivity index (χ0v) is 16.3. The molecule has 1 aromatic carbocycles. The number of methoxy groups -OCH3 is 1. The van der Waals surface area contributed by atoms with Crippen LogP contribution in [0.2, 0.25) is 0 Å². The maximum atomic E-state index is 12.4. The van der Waals surface area contributed by atoms with Crippen LogP contribution in [0.25, 0.3) is 0 Å². The third-order valence-electron chi connectivity index (χ3n) is 4.80. The van der Waals surface area contributed by atoms with E-state index >= 15 is 0 Å². The Morgan fingerprint density at radius 3 is 2.62 bits per heavy atom. The first kappa shape index (κ1) is 18.6. The number of benzene rings is 1. The molecule has 1 aromatic heterocycles. The minimum absolute atomic E-state index is 0.187. The summed E-state index contributed by atoms with van der Waals surface area (Å²) < 4.78 is 6.15. The number of halogens is 1. The number of hydrogen-bond donors (Lipinski definition) is 0. The number of aromatic nitrogens is 2. The van der Waals surface area contributed by atoms with Crippen LogP contribution >= 0.6 is 15.9 Å². The Labute approximate surface area is 160 Å². The molecule has 0 amide bonds. The van der Waals surface area contributed by atoms with Gasteiger partial charge in [0.15, 0.2) is 0 Å². The van der Waals surface area contributed by atoms with Crippen LogP contribution in [0, 0.1) is 5.92 Å². The SMILES string of the molecule is COC(=O)Cn1ncc(N2CCC(Cc3ccccc3)CC2)c(Br)c1=O. The predicted octanol–water partition coefficient (Wildman–Crippen LogP) is 2.64. The number of rotatable bonds is 5. The summed E-state index contributed by atoms with van der Waals surface area (Å²) in [7, 11) is 1.29. The van der Waals surface area contributed by atoms with E-state index in [0.29, 0.717) is 10.4 Å². The summed E-state index contributed by atoms with van der Waals surface area (Å²) in [5.41, 5.74) is 1.84. The van der Waals surface area contributed by atoms with Crippen molar-refractivity contribution in [2.45, 2.75) is 25.8 Å². The second-order valence-corrected chi connectivity index (χ2v) is 7.30. The molecule has 0 radical (unpaired) electrons. The average molecular weight is 420 g/mol. The highest BCUT2D eigenvalue weighted by atomic mass is 79.9. The predicted molar refractivity (Wildman–Crippen MR) is 103 cm³/mol. The first-order valence-electron chi connectivity index (χ1n) is 8.69. The fourth-order valence-corrected chi connectivity index (χ4v) is 3.86. The Balaban J connectivity index is 1.65. The van der Waals surface area contributed by atoms with Gasteiger partial charge in [-0.1, -0.05) is 30.3 Å². The first-order chi connectivity index (χ1) is 12.6. The molecule has 1 fully saturated rings. The van der Waals surface area contributed by atoms with Crippen LogP contribution in [0.15, 0.2) is 45.8 Å². The molecule has 0 bridgehead atoms. The molecule has 3 rings (SSSR count). The fraction of sp³-hybridized carbons (Fsp3) is 0.421. The van der Waals surface area contributed by atoms with E-state index in [1.165, 1.54) is 12.7 Å². The number of ether oxygens (including phenoxy) is 1. The van der Waals surface area contributed by atoms with Gasteiger partial charge in [-0.15, -0.1) is 0 Å². The zero-order valence-electron chi connectivity index (χ0n) is 14.7. The van der Waals surface area contributed by atoms with Gasteiger partial charge >= 0.3 is 5.97 Å². The van der Waals surface area contributed by atoms with Crippen molar-refractivity contribution in [3.05, 3.63) is 56.9 Å². The Morgan fingerprint density at radius 2 is 1.96 bits per heavy atom. The quantitative estimate of drug-likeness (QED) is 0.696. The standard InChI is InChI=1S/C19H22BrN3O3/c1-26-17(24)13-23-19(25)18(20)16(12-21-23)22-9-7-15(8-10-22)11-14-5-3-2-4-6-14/h2-6,12,15H,7-11,13H2,1H3. The van der Waals surface area contributed by atoms with Crippen LogP contribution in [0.4, 0.5) is 5.69 Å². The summed E-state index contributed by atoms with van der Waals surface area (Å²) in [4.78, 5) is 26.0. The van der Waals surface area contributed by atoms with Crippen molar-refractivity contribution in [3.8, 4) is 0 Å². The van der Waals surface area contributed by atoms with E-state index in [-0.39, 0.29) is 12.1 Å². The highest BCUT2D eigenvalue weighted by Gasteiger charge is 2.23. The molecule has 2 aromatic rings. The molecular weight excluding hydrogens is 398 g/mol. The summed E-state index contributed by atoms with van der Waals surface area (Å²) in [5.74, 6) is 0.154. The van der Waals surface area contributed by atoms with Crippen molar-refractivity contribution >= 4 is 27.6 Å². The largest absolute Gasteiger partial charge is 0.468 e. The molecule has 26 heavy (non-hydrogen) atoms. The second-order valence-electron chi connectivity index (χ2n) is 6.50. The Bertz CT molecular complexity index is 815. The Kier molecular flexibility index (Phi) is 6.08. The van der Waals surface area contributed by atoms with Crippen molar-refractivity contribution in [1.82, 2.24) is 9.78 Å². The fourth-order valence-electron chi connectivity index (χ4n) is 3.30. The van der Waals surface area contributed by atoms with Gasteiger partial charge in [-0.05, 0) is 46.7 Å². The number of hydrogen-bond acceptors (Lipinski definition) is 5. The maximum Gasteiger partial charge on any atom is 0.327 e. The normalized spacial score (nSPS) is 15.1. The minimum atomic E-state index is -0.499. The molecule has 1 aliphatic rings. The van der Waals surface area contributed by atoms with E-state index in [4.69, 9.17) is 0 Å². The van der Waals surface area contributed by atoms with Gasteiger partial charge in [-0.25, -0.2) is 4.68 Å². The number of carbonyl (C=O) groups is 1. The molecule has 0 unspecified atom stereocenters. The van der Waals surface area contributed by atoms with Crippen molar-refractivity contribution in [2.24, 2.45) is 5.92 Å². The summed E-state index contributed by atoms with van der Waals surface area (Å²) in [6.45, 7) is 1.59. The number of anilines is 1. The van der Waals surface area contributed by atoms with Crippen LogP contribution in [0.1, 0.15) is 18.4 Å². The first-order valence-corrected chi connectivity index (χ1v) is 9.49. The van der Waals surface area contributed by atoms with E-state index in [9.17, 15) is 9.59 Å². The number of carbonyl (C=O) groups excluding carboxylic acids is 1. The Hall–Kier alpha value is -2.15. The van der Waals surface area contributed by atoms with E-state index in [0.717, 1.165) is 42.7 Å². The molecule has 0 N–H and O–H groups in total. The van der Waals surface area contributed by atoms with E-state index in [1.54, 1.807) is 6.20 Å². The summed E-state index contributed by atoms with van der Waals surface area (Å²) in [6, 6.07) is 10.5. The molecule has 0 aliphatic carbocycles. The summed E-state index contributed by atoms with van der Waals surface area (Å²) in [5, 5.41) is 4.12. The molecule has 1 aliphatic heterocycles. The molecule has 1 saturated heterocycles. The van der Waals surface area contributed by atoms with Crippen molar-refractivity contribution in [1.29, 1.82) is 0 Å². The third-order valence-corrected chi connectivity index (χ3v) is 5.54. The maximum absolute atomic E-state index is 12.4. The van der Waals surface area contributed by atoms with Gasteiger partial charge in [0.05, 0.1) is 19.0 Å². The van der Waals surface area contributed by atoms with Gasteiger partial charge in [0.2, 0.25) is 0 Å². The molecule has 7 heteroatoms. The van der Waals surface area contributed by atoms with Gasteiger partial charge in [0.1, 0.15) is 11.0 Å². The van der Waals surface area contributed by atoms with Crippen LogP contribution in [-0.4, -0.2) is 35.9 Å². The van der Waals surface area contributed by atoms with E-state index in [2.05, 4.69) is 54.9 Å². The van der Waals surface area contributed by atoms with Crippen LogP contribution in [0.3, 0.4) is 0 Å². The summed E-state index contributed by atoms with van der Waals surface area (Å²) >= 11 is 3.38. The van der Waals surface area contributed by atoms with Gasteiger partial charge in [0, 0.05) is 13.1 Å². The number of piperidine rings is 1. The highest BCUT2D eigenvalue weighted by Crippen LogP contribution is 2.28. The van der Waals surface area contributed by atoms with Crippen LogP contribution in [-0.2, 0) is 22.5 Å². The lowest BCUT2D eigenvalue weighted by Gasteiger charge is -2.34. The van der Waals surface area contributed by atoms with Gasteiger partial charge < -0.3 is 9.64 Å². The molecule has 2 heterocycles. The zero-order chi connectivity index (χ0) is 18.5. The molecular formula is C19H22BrN3O3. The Morgan fingerprint density at radius 1 is 1.27 bits per heavy atom. The number of nitrogens with zero attached hydrogens (tertiary/aromatic N) is 3. The molecule has 0 spiro atoms. The van der Waals surface area contributed by atoms with E-state index < -0.39 is 5.97 Å². The van der Waals surface area contributed by atoms with Crippen molar-refractivity contribution in [3.63, 3.8) is 0 Å². The minimum Gasteiger partial charge on any atom is -0.468 e. The monoisotopic (exact) mass is 419 g/mol. The average Bonchev–Trinajstić information content (AvgIpc) is 2.67. The smallest absolute Gasteiger partial charge is 0.327 e. The van der Waals surface area contributed by atoms with Gasteiger partial charge in [-0.2, -0.15) is 5.10 Å². The lowest BCUT2D eigenvalue weighted by Crippen LogP contribution is -2.37. The van der Waals surface area contributed by atoms with Crippen molar-refractivity contribution < 1.29 is 9.53 Å². The van der Waals surface area contributed by atoms with Crippen LogP contribution < -0.4 is 10.5 Å². The van der Waals surface area contributed by atoms with Gasteiger partial charge in [0.25, 0.3) is 5.56 Å². The molecule has 138 valence electrons. The molecule has 0 atom stereocenters. The molecule has 0 saturated carbocycles. The third kappa shape index (κ3) is 4.33. The van der Waals surface area contributed by atoms with Crippen molar-refractivity contribution in [2.75, 3.05) is 25.1 Å². The molecule has 6 nitrogen and oxygen atoms in total. The summed E-state index contributed by atoms with van der Waals surface area (Å²) in [6.07, 6.45) is 4.89. The lowest BCUT2D eigenvalue weighted by atomic mass is 9.90. The second kappa shape index (κ2) is 8.49. The lowest BCUT2D eigenvalue weighted by molar-refractivity contribution is -0.141. The highest BCUT2D eigenvalue weighted by molar-refractivity contribution is 9.10. The van der Waals surface area contributed by atoms with E-state index in [1.807, 2.05) is 6.07 Å². The van der Waals surface area contributed by atoms with Gasteiger partial charge in [-0.3, -0.25) is 9.59 Å². The number of esters is 1. The topological polar surface area (TPSA) is 64.4 Å². The van der Waals surface area contributed by atoms with Crippen LogP contribution in [0.5, 0.6) is 0 Å².